The van der Waals surface area contributed by atoms with Crippen LogP contribution >= 0.6 is 46.4 Å². The molecule has 0 spiro atoms. The van der Waals surface area contributed by atoms with Crippen molar-refractivity contribution in [1.82, 2.24) is 0 Å². The van der Waals surface area contributed by atoms with Gasteiger partial charge in [0.1, 0.15) is 0 Å². The van der Waals surface area contributed by atoms with E-state index in [0.717, 1.165) is 0 Å². The standard InChI is InChI=1S/C8H12Cl4F2O/c1-2-6(3-5(10)4-9)15-7(11)8(12,13)14/h5-7H,2-4H2,1H3. The average molecular weight is 304 g/mol. The van der Waals surface area contributed by atoms with E-state index in [1.54, 1.807) is 6.92 Å². The second-order valence-corrected chi connectivity index (χ2v) is 4.84. The van der Waals surface area contributed by atoms with E-state index in [-0.39, 0.29) is 11.3 Å². The fraction of sp³-hybridized carbons (Fsp3) is 1.00. The summed E-state index contributed by atoms with van der Waals surface area (Å²) in [6.07, 6.45) is 0.395. The van der Waals surface area contributed by atoms with Crippen molar-refractivity contribution in [2.45, 2.75) is 42.2 Å². The van der Waals surface area contributed by atoms with Gasteiger partial charge in [-0.3, -0.25) is 0 Å². The summed E-state index contributed by atoms with van der Waals surface area (Å²) >= 11 is 21.2. The molecule has 0 rings (SSSR count). The largest absolute Gasteiger partial charge is 0.361 e. The molecule has 7 heteroatoms. The quantitative estimate of drug-likeness (QED) is 0.633. The summed E-state index contributed by atoms with van der Waals surface area (Å²) in [6, 6.07) is 0. The molecule has 3 unspecified atom stereocenters. The summed E-state index contributed by atoms with van der Waals surface area (Å²) < 4.78 is 29.8. The highest BCUT2D eigenvalue weighted by molar-refractivity contribution is 6.30. The molecule has 0 saturated heterocycles. The minimum Gasteiger partial charge on any atom is -0.352 e. The molecule has 0 amide bonds. The van der Waals surface area contributed by atoms with Crippen LogP contribution in [0.15, 0.2) is 0 Å². The normalized spacial score (nSPS) is 18.6. The molecular formula is C8H12Cl4F2O. The molecule has 0 heterocycles. The molecule has 15 heavy (non-hydrogen) atoms. The molecule has 0 aliphatic heterocycles. The fourth-order valence-corrected chi connectivity index (χ4v) is 1.43. The predicted octanol–water partition coefficient (Wildman–Crippen LogP) is 4.41. The highest BCUT2D eigenvalue weighted by Gasteiger charge is 2.38. The lowest BCUT2D eigenvalue weighted by atomic mass is 10.1. The van der Waals surface area contributed by atoms with Gasteiger partial charge in [0.2, 0.25) is 5.56 Å². The van der Waals surface area contributed by atoms with Gasteiger partial charge in [0.25, 0.3) is 0 Å². The molecule has 0 aliphatic carbocycles. The lowest BCUT2D eigenvalue weighted by molar-refractivity contribution is -0.0755. The zero-order valence-electron chi connectivity index (χ0n) is 8.03. The maximum absolute atomic E-state index is 12.5. The summed E-state index contributed by atoms with van der Waals surface area (Å²) in [4.78, 5) is 0. The van der Waals surface area contributed by atoms with Crippen molar-refractivity contribution in [2.24, 2.45) is 0 Å². The number of halogens is 6. The summed E-state index contributed by atoms with van der Waals surface area (Å²) in [7, 11) is 0. The van der Waals surface area contributed by atoms with Crippen molar-refractivity contribution < 1.29 is 13.5 Å². The molecule has 0 aromatic heterocycles. The van der Waals surface area contributed by atoms with Gasteiger partial charge >= 0.3 is 5.38 Å². The van der Waals surface area contributed by atoms with Crippen LogP contribution in [0.25, 0.3) is 0 Å². The van der Waals surface area contributed by atoms with Gasteiger partial charge in [-0.1, -0.05) is 18.5 Å². The van der Waals surface area contributed by atoms with Crippen molar-refractivity contribution in [3.63, 3.8) is 0 Å². The van der Waals surface area contributed by atoms with Gasteiger partial charge in [-0.25, -0.2) is 0 Å². The summed E-state index contributed by atoms with van der Waals surface area (Å²) in [6.45, 7) is 1.78. The third-order valence-electron chi connectivity index (χ3n) is 1.71. The first-order chi connectivity index (χ1) is 6.81. The zero-order valence-corrected chi connectivity index (χ0v) is 11.1. The van der Waals surface area contributed by atoms with E-state index in [0.29, 0.717) is 12.8 Å². The number of alkyl halides is 6. The van der Waals surface area contributed by atoms with E-state index in [1.807, 2.05) is 0 Å². The first-order valence-electron chi connectivity index (χ1n) is 4.37. The van der Waals surface area contributed by atoms with Crippen LogP contribution in [0.1, 0.15) is 19.8 Å². The minimum absolute atomic E-state index is 0.228. The maximum Gasteiger partial charge on any atom is 0.361 e. The molecule has 0 fully saturated rings. The molecule has 3 atom stereocenters. The van der Waals surface area contributed by atoms with E-state index in [2.05, 4.69) is 0 Å². The van der Waals surface area contributed by atoms with E-state index >= 15 is 0 Å². The number of hydrogen-bond acceptors (Lipinski definition) is 1. The van der Waals surface area contributed by atoms with Crippen LogP contribution < -0.4 is 0 Å². The monoisotopic (exact) mass is 302 g/mol. The molecule has 1 nitrogen and oxygen atoms in total. The van der Waals surface area contributed by atoms with Crippen molar-refractivity contribution in [2.75, 3.05) is 5.88 Å². The van der Waals surface area contributed by atoms with Gasteiger partial charge < -0.3 is 4.74 Å². The van der Waals surface area contributed by atoms with Gasteiger partial charge in [-0.2, -0.15) is 8.78 Å². The fourth-order valence-electron chi connectivity index (χ4n) is 0.913. The number of hydrogen-bond donors (Lipinski definition) is 0. The molecule has 92 valence electrons. The lowest BCUT2D eigenvalue weighted by Crippen LogP contribution is -2.31. The minimum atomic E-state index is -3.59. The van der Waals surface area contributed by atoms with Crippen molar-refractivity contribution in [3.8, 4) is 0 Å². The van der Waals surface area contributed by atoms with Crippen LogP contribution in [0.5, 0.6) is 0 Å². The Hall–Kier alpha value is 0.980. The van der Waals surface area contributed by atoms with Gasteiger partial charge in [0, 0.05) is 11.3 Å². The first-order valence-corrected chi connectivity index (χ1v) is 6.16. The van der Waals surface area contributed by atoms with Crippen LogP contribution in [0.2, 0.25) is 0 Å². The van der Waals surface area contributed by atoms with E-state index in [1.165, 1.54) is 0 Å². The second-order valence-electron chi connectivity index (χ2n) is 3.01. The number of rotatable bonds is 7. The van der Waals surface area contributed by atoms with Gasteiger partial charge in [-0.05, 0) is 24.4 Å². The SMILES string of the molecule is CCC(CC(Cl)CCl)OC(Cl)C(F)(F)Cl. The Balaban J connectivity index is 4.10. The van der Waals surface area contributed by atoms with Gasteiger partial charge in [0.15, 0.2) is 0 Å². The van der Waals surface area contributed by atoms with E-state index < -0.39 is 17.0 Å². The van der Waals surface area contributed by atoms with Crippen molar-refractivity contribution >= 4 is 46.4 Å². The number of ether oxygens (including phenoxy) is 1. The Kier molecular flexibility index (Phi) is 7.81. The zero-order chi connectivity index (χ0) is 12.1. The molecule has 0 aromatic carbocycles. The lowest BCUT2D eigenvalue weighted by Gasteiger charge is -2.23. The Bertz CT molecular complexity index is 177. The Morgan fingerprint density at radius 3 is 2.20 bits per heavy atom. The summed E-state index contributed by atoms with van der Waals surface area (Å²) in [5.41, 5.74) is -1.86. The Labute approximate surface area is 108 Å². The third-order valence-corrected chi connectivity index (χ3v) is 3.26. The molecule has 0 aliphatic rings. The average Bonchev–Trinajstić information content (AvgIpc) is 2.14. The van der Waals surface area contributed by atoms with E-state index in [4.69, 9.17) is 51.1 Å². The topological polar surface area (TPSA) is 9.23 Å². The highest BCUT2D eigenvalue weighted by atomic mass is 35.5. The van der Waals surface area contributed by atoms with Crippen LogP contribution in [0, 0.1) is 0 Å². The predicted molar refractivity (Wildman–Crippen MR) is 60.6 cm³/mol. The molecule has 0 radical (unpaired) electrons. The van der Waals surface area contributed by atoms with Crippen molar-refractivity contribution in [3.05, 3.63) is 0 Å². The smallest absolute Gasteiger partial charge is 0.352 e. The van der Waals surface area contributed by atoms with Crippen LogP contribution in [-0.4, -0.2) is 28.3 Å². The van der Waals surface area contributed by atoms with Crippen LogP contribution in [0.3, 0.4) is 0 Å². The molecular weight excluding hydrogens is 292 g/mol. The van der Waals surface area contributed by atoms with Gasteiger partial charge in [0.05, 0.1) is 6.10 Å². The maximum atomic E-state index is 12.5. The van der Waals surface area contributed by atoms with Crippen molar-refractivity contribution in [1.29, 1.82) is 0 Å². The summed E-state index contributed by atoms with van der Waals surface area (Å²) in [5.74, 6) is 0.228. The Morgan fingerprint density at radius 2 is 1.87 bits per heavy atom. The first kappa shape index (κ1) is 16.0. The Morgan fingerprint density at radius 1 is 1.33 bits per heavy atom. The molecule has 0 aromatic rings. The highest BCUT2D eigenvalue weighted by Crippen LogP contribution is 2.30. The van der Waals surface area contributed by atoms with E-state index in [9.17, 15) is 8.78 Å². The van der Waals surface area contributed by atoms with Crippen LogP contribution in [0.4, 0.5) is 8.78 Å². The second kappa shape index (κ2) is 7.33. The third kappa shape index (κ3) is 7.01. The molecule has 0 N–H and O–H groups in total. The summed E-state index contributed by atoms with van der Waals surface area (Å²) in [5, 5.41) is -3.91. The molecule has 0 saturated carbocycles. The van der Waals surface area contributed by atoms with Crippen LogP contribution in [-0.2, 0) is 4.74 Å². The molecule has 0 bridgehead atoms. The van der Waals surface area contributed by atoms with Gasteiger partial charge in [-0.15, -0.1) is 23.2 Å².